The summed E-state index contributed by atoms with van der Waals surface area (Å²) in [4.78, 5) is 34.0. The quantitative estimate of drug-likeness (QED) is 0.173. The van der Waals surface area contributed by atoms with Crippen LogP contribution in [-0.2, 0) is 22.7 Å². The van der Waals surface area contributed by atoms with E-state index < -0.39 is 12.1 Å². The molecule has 3 aromatic carbocycles. The summed E-state index contributed by atoms with van der Waals surface area (Å²) < 4.78 is 0. The molecule has 3 amide bonds. The van der Waals surface area contributed by atoms with Crippen molar-refractivity contribution < 1.29 is 19.5 Å². The Hall–Kier alpha value is -4.36. The predicted octanol–water partition coefficient (Wildman–Crippen LogP) is 3.93. The molecule has 0 aromatic heterocycles. The van der Waals surface area contributed by atoms with Gasteiger partial charge in [-0.3, -0.25) is 9.63 Å². The second-order valence-electron chi connectivity index (χ2n) is 11.6. The molecule has 0 unspecified atom stereocenters. The number of aliphatic hydroxyl groups excluding tert-OH is 1. The zero-order valence-electron chi connectivity index (χ0n) is 26.4. The van der Waals surface area contributed by atoms with E-state index in [2.05, 4.69) is 58.7 Å². The molecular weight excluding hydrogens is 566 g/mol. The van der Waals surface area contributed by atoms with Gasteiger partial charge in [-0.2, -0.15) is 5.06 Å². The summed E-state index contributed by atoms with van der Waals surface area (Å²) in [6, 6.07) is 26.8. The molecule has 1 saturated heterocycles. The Labute approximate surface area is 266 Å². The third-order valence-corrected chi connectivity index (χ3v) is 7.89. The SMILES string of the molecule is CC(C)[C@H]1[C@@H](CO)ON(Cc2cccc(C#CCNC(=O)NCc3ccccc3)c2)[C@H]1C(=O)NCCCN(C)c1ccccc1. The van der Waals surface area contributed by atoms with Crippen molar-refractivity contribution >= 4 is 17.6 Å². The maximum atomic E-state index is 13.6. The molecule has 0 aliphatic carbocycles. The fourth-order valence-electron chi connectivity index (χ4n) is 5.58. The van der Waals surface area contributed by atoms with Crippen LogP contribution < -0.4 is 20.9 Å². The van der Waals surface area contributed by atoms with Crippen LogP contribution in [0.2, 0.25) is 0 Å². The molecule has 3 atom stereocenters. The first-order chi connectivity index (χ1) is 21.9. The molecule has 4 N–H and O–H groups in total. The molecule has 1 aliphatic rings. The lowest BCUT2D eigenvalue weighted by molar-refractivity contribution is -0.181. The Morgan fingerprint density at radius 1 is 0.956 bits per heavy atom. The van der Waals surface area contributed by atoms with Crippen molar-refractivity contribution in [2.45, 2.75) is 45.5 Å². The number of rotatable bonds is 13. The standard InChI is InChI=1S/C36H45N5O4/c1-27(2)33-32(26-42)45-41(34(33)35(43)37-21-12-22-40(3)31-18-8-5-9-19-31)25-30-16-10-15-28(23-30)17-11-20-38-36(44)39-24-29-13-6-4-7-14-29/h4-10,13-16,18-19,23,27,32-34,42H,12,20-22,24-26H2,1-3H3,(H,37,43)(H2,38,39,44)/t32-,33+,34-/m1/s1. The van der Waals surface area contributed by atoms with Gasteiger partial charge in [0.25, 0.3) is 0 Å². The van der Waals surface area contributed by atoms with E-state index in [0.717, 1.165) is 35.3 Å². The normalized spacial score (nSPS) is 17.8. The highest BCUT2D eigenvalue weighted by molar-refractivity contribution is 5.82. The zero-order valence-corrected chi connectivity index (χ0v) is 26.4. The monoisotopic (exact) mass is 611 g/mol. The highest BCUT2D eigenvalue weighted by Gasteiger charge is 2.48. The lowest BCUT2D eigenvalue weighted by Crippen LogP contribution is -2.48. The molecule has 1 aliphatic heterocycles. The van der Waals surface area contributed by atoms with Crippen molar-refractivity contribution in [3.8, 4) is 11.8 Å². The summed E-state index contributed by atoms with van der Waals surface area (Å²) >= 11 is 0. The van der Waals surface area contributed by atoms with Gasteiger partial charge in [0.15, 0.2) is 0 Å². The minimum atomic E-state index is -0.539. The van der Waals surface area contributed by atoms with Crippen molar-refractivity contribution in [1.29, 1.82) is 0 Å². The number of hydrogen-bond donors (Lipinski definition) is 4. The number of benzene rings is 3. The van der Waals surface area contributed by atoms with Crippen LogP contribution in [0.4, 0.5) is 10.5 Å². The second kappa shape index (κ2) is 17.2. The van der Waals surface area contributed by atoms with E-state index in [1.54, 1.807) is 5.06 Å². The molecule has 0 bridgehead atoms. The van der Waals surface area contributed by atoms with E-state index in [1.165, 1.54) is 0 Å². The number of urea groups is 1. The van der Waals surface area contributed by atoms with E-state index in [-0.39, 0.29) is 36.9 Å². The van der Waals surface area contributed by atoms with Gasteiger partial charge >= 0.3 is 6.03 Å². The number of carbonyl (C=O) groups excluding carboxylic acids is 2. The average molecular weight is 612 g/mol. The fourth-order valence-corrected chi connectivity index (χ4v) is 5.58. The largest absolute Gasteiger partial charge is 0.394 e. The number of amides is 3. The van der Waals surface area contributed by atoms with Crippen LogP contribution in [0.3, 0.4) is 0 Å². The lowest BCUT2D eigenvalue weighted by atomic mass is 9.84. The summed E-state index contributed by atoms with van der Waals surface area (Å²) in [5.41, 5.74) is 3.88. The van der Waals surface area contributed by atoms with E-state index in [0.29, 0.717) is 19.6 Å². The maximum Gasteiger partial charge on any atom is 0.315 e. The topological polar surface area (TPSA) is 106 Å². The van der Waals surface area contributed by atoms with E-state index in [1.807, 2.05) is 79.8 Å². The number of nitrogens with zero attached hydrogens (tertiary/aromatic N) is 2. The number of para-hydroxylation sites is 1. The highest BCUT2D eigenvalue weighted by atomic mass is 16.7. The van der Waals surface area contributed by atoms with E-state index in [4.69, 9.17) is 4.84 Å². The van der Waals surface area contributed by atoms with Gasteiger partial charge in [0, 0.05) is 43.9 Å². The fraction of sp³-hybridized carbons (Fsp3) is 0.389. The summed E-state index contributed by atoms with van der Waals surface area (Å²) in [5.74, 6) is 5.96. The molecule has 0 radical (unpaired) electrons. The van der Waals surface area contributed by atoms with Crippen molar-refractivity contribution in [2.24, 2.45) is 11.8 Å². The number of aliphatic hydroxyl groups is 1. The summed E-state index contributed by atoms with van der Waals surface area (Å²) in [6.07, 6.45) is 0.331. The summed E-state index contributed by atoms with van der Waals surface area (Å²) in [6.45, 7) is 6.32. The first-order valence-corrected chi connectivity index (χ1v) is 15.6. The van der Waals surface area contributed by atoms with Gasteiger partial charge in [0.2, 0.25) is 5.91 Å². The Morgan fingerprint density at radius 2 is 1.67 bits per heavy atom. The van der Waals surface area contributed by atoms with Crippen molar-refractivity contribution in [3.63, 3.8) is 0 Å². The van der Waals surface area contributed by atoms with Crippen LogP contribution in [-0.4, -0.2) is 67.5 Å². The number of carbonyl (C=O) groups is 2. The first kappa shape index (κ1) is 33.5. The molecule has 238 valence electrons. The highest BCUT2D eigenvalue weighted by Crippen LogP contribution is 2.34. The Bertz CT molecular complexity index is 1420. The van der Waals surface area contributed by atoms with Gasteiger partial charge in [-0.15, -0.1) is 0 Å². The van der Waals surface area contributed by atoms with Gasteiger partial charge in [-0.25, -0.2) is 4.79 Å². The second-order valence-corrected chi connectivity index (χ2v) is 11.6. The summed E-state index contributed by atoms with van der Waals surface area (Å²) in [5, 5.41) is 20.5. The Morgan fingerprint density at radius 3 is 2.38 bits per heavy atom. The third-order valence-electron chi connectivity index (χ3n) is 7.89. The minimum absolute atomic E-state index is 0.0976. The lowest BCUT2D eigenvalue weighted by Gasteiger charge is -2.27. The van der Waals surface area contributed by atoms with Gasteiger partial charge in [0.1, 0.15) is 12.1 Å². The van der Waals surface area contributed by atoms with Gasteiger partial charge in [-0.1, -0.05) is 86.4 Å². The van der Waals surface area contributed by atoms with Gasteiger partial charge in [-0.05, 0) is 47.7 Å². The zero-order chi connectivity index (χ0) is 32.0. The van der Waals surface area contributed by atoms with Gasteiger partial charge in [0.05, 0.1) is 19.7 Å². The van der Waals surface area contributed by atoms with Crippen LogP contribution >= 0.6 is 0 Å². The smallest absolute Gasteiger partial charge is 0.315 e. The average Bonchev–Trinajstić information content (AvgIpc) is 3.43. The minimum Gasteiger partial charge on any atom is -0.394 e. The van der Waals surface area contributed by atoms with Crippen LogP contribution in [0.15, 0.2) is 84.9 Å². The molecule has 0 spiro atoms. The number of hydrogen-bond acceptors (Lipinski definition) is 6. The molecule has 0 saturated carbocycles. The Balaban J connectivity index is 1.32. The first-order valence-electron chi connectivity index (χ1n) is 15.6. The van der Waals surface area contributed by atoms with Crippen LogP contribution in [0.1, 0.15) is 37.0 Å². The molecule has 4 rings (SSSR count). The van der Waals surface area contributed by atoms with Crippen molar-refractivity contribution in [1.82, 2.24) is 21.0 Å². The van der Waals surface area contributed by atoms with Crippen molar-refractivity contribution in [3.05, 3.63) is 102 Å². The van der Waals surface area contributed by atoms with E-state index in [9.17, 15) is 14.7 Å². The number of nitrogens with one attached hydrogen (secondary N) is 3. The summed E-state index contributed by atoms with van der Waals surface area (Å²) in [7, 11) is 2.04. The maximum absolute atomic E-state index is 13.6. The molecule has 45 heavy (non-hydrogen) atoms. The van der Waals surface area contributed by atoms with E-state index >= 15 is 0 Å². The molecule has 9 nitrogen and oxygen atoms in total. The van der Waals surface area contributed by atoms with Crippen LogP contribution in [0.5, 0.6) is 0 Å². The van der Waals surface area contributed by atoms with Crippen LogP contribution in [0.25, 0.3) is 0 Å². The molecular formula is C36H45N5O4. The molecule has 1 fully saturated rings. The molecule has 1 heterocycles. The molecule has 3 aromatic rings. The Kier molecular flexibility index (Phi) is 12.8. The number of anilines is 1. The number of hydroxylamine groups is 2. The third kappa shape index (κ3) is 10.1. The van der Waals surface area contributed by atoms with Crippen molar-refractivity contribution in [2.75, 3.05) is 38.2 Å². The van der Waals surface area contributed by atoms with Crippen LogP contribution in [0, 0.1) is 23.7 Å². The van der Waals surface area contributed by atoms with Gasteiger partial charge < -0.3 is 26.0 Å². The predicted molar refractivity (Wildman–Crippen MR) is 177 cm³/mol. The molecule has 9 heteroatoms.